The summed E-state index contributed by atoms with van der Waals surface area (Å²) in [6.07, 6.45) is 0.418. The van der Waals surface area contributed by atoms with Crippen LogP contribution in [0.4, 0.5) is 0 Å². The van der Waals surface area contributed by atoms with Crippen LogP contribution in [0.15, 0.2) is 30.3 Å². The molecular weight excluding hydrogens is 358 g/mol. The van der Waals surface area contributed by atoms with Crippen LogP contribution in [0.25, 0.3) is 10.6 Å². The average molecular weight is 388 g/mol. The summed E-state index contributed by atoms with van der Waals surface area (Å²) in [7, 11) is 0. The number of benzene rings is 1. The summed E-state index contributed by atoms with van der Waals surface area (Å²) in [5.74, 6) is -0.0467. The Bertz CT molecular complexity index is 778. The third-order valence-electron chi connectivity index (χ3n) is 4.98. The van der Waals surface area contributed by atoms with Crippen LogP contribution in [0.5, 0.6) is 0 Å². The van der Waals surface area contributed by atoms with E-state index in [1.54, 1.807) is 0 Å². The third kappa shape index (κ3) is 4.75. The van der Waals surface area contributed by atoms with Crippen molar-refractivity contribution in [2.45, 2.75) is 52.4 Å². The maximum Gasteiger partial charge on any atom is 0.263 e. The van der Waals surface area contributed by atoms with Gasteiger partial charge in [0.2, 0.25) is 0 Å². The summed E-state index contributed by atoms with van der Waals surface area (Å²) in [5.41, 5.74) is 1.69. The first-order valence-corrected chi connectivity index (χ1v) is 10.3. The van der Waals surface area contributed by atoms with Crippen molar-refractivity contribution in [3.8, 4) is 10.6 Å². The summed E-state index contributed by atoms with van der Waals surface area (Å²) in [5, 5.41) is 4.00. The maximum atomic E-state index is 12.8. The first-order valence-electron chi connectivity index (χ1n) is 9.48. The van der Waals surface area contributed by atoms with Gasteiger partial charge < -0.3 is 10.1 Å². The second kappa shape index (κ2) is 8.09. The quantitative estimate of drug-likeness (QED) is 0.849. The van der Waals surface area contributed by atoms with E-state index in [9.17, 15) is 4.79 Å². The van der Waals surface area contributed by atoms with Gasteiger partial charge in [0.15, 0.2) is 0 Å². The van der Waals surface area contributed by atoms with Crippen molar-refractivity contribution in [3.63, 3.8) is 0 Å². The summed E-state index contributed by atoms with van der Waals surface area (Å²) in [6, 6.07) is 9.98. The first kappa shape index (κ1) is 20.0. The fourth-order valence-electron chi connectivity index (χ4n) is 3.47. The van der Waals surface area contributed by atoms with E-state index in [1.165, 1.54) is 11.3 Å². The summed E-state index contributed by atoms with van der Waals surface area (Å²) in [4.78, 5) is 20.5. The molecule has 2 atom stereocenters. The van der Waals surface area contributed by atoms with Crippen LogP contribution in [0.3, 0.4) is 0 Å². The highest BCUT2D eigenvalue weighted by Crippen LogP contribution is 2.28. The van der Waals surface area contributed by atoms with Crippen molar-refractivity contribution in [3.05, 3.63) is 40.9 Å². The molecule has 1 N–H and O–H groups in total. The van der Waals surface area contributed by atoms with Crippen molar-refractivity contribution in [1.29, 1.82) is 0 Å². The molecule has 0 unspecified atom stereocenters. The molecule has 1 amide bonds. The van der Waals surface area contributed by atoms with E-state index >= 15 is 0 Å². The summed E-state index contributed by atoms with van der Waals surface area (Å²) in [6.45, 7) is 12.8. The number of ether oxygens (including phenoxy) is 1. The number of morpholine rings is 1. The number of rotatable bonds is 5. The molecule has 3 rings (SSSR count). The van der Waals surface area contributed by atoms with Crippen molar-refractivity contribution in [2.75, 3.05) is 19.6 Å². The Morgan fingerprint density at radius 1 is 1.26 bits per heavy atom. The van der Waals surface area contributed by atoms with Crippen LogP contribution < -0.4 is 5.32 Å². The molecule has 1 saturated heterocycles. The van der Waals surface area contributed by atoms with Crippen molar-refractivity contribution >= 4 is 17.2 Å². The molecule has 1 fully saturated rings. The minimum atomic E-state index is -0.136. The molecular formula is C21H29N3O2S. The molecule has 5 nitrogen and oxygen atoms in total. The van der Waals surface area contributed by atoms with Crippen LogP contribution in [0, 0.1) is 6.92 Å². The van der Waals surface area contributed by atoms with Crippen LogP contribution in [-0.2, 0) is 4.74 Å². The molecule has 1 aromatic carbocycles. The zero-order valence-corrected chi connectivity index (χ0v) is 17.6. The number of thiazole rings is 1. The van der Waals surface area contributed by atoms with Crippen LogP contribution in [0.2, 0.25) is 0 Å². The highest BCUT2D eigenvalue weighted by Gasteiger charge is 2.33. The van der Waals surface area contributed by atoms with Gasteiger partial charge in [-0.15, -0.1) is 11.3 Å². The van der Waals surface area contributed by atoms with Gasteiger partial charge in [-0.05, 0) is 34.6 Å². The highest BCUT2D eigenvalue weighted by atomic mass is 32.1. The topological polar surface area (TPSA) is 54.5 Å². The zero-order valence-electron chi connectivity index (χ0n) is 16.8. The number of hydrogen-bond acceptors (Lipinski definition) is 5. The fourth-order valence-corrected chi connectivity index (χ4v) is 4.46. The SMILES string of the molecule is Cc1nc(-c2ccccc2)sc1C(=O)NCC(C)(C)N1C[C@@H](C)O[C@H](C)C1. The van der Waals surface area contributed by atoms with Crippen molar-refractivity contribution < 1.29 is 9.53 Å². The standard InChI is InChI=1S/C21H29N3O2S/c1-14-11-24(12-15(2)26-14)21(4,5)13-22-19(25)18-16(3)23-20(27-18)17-9-7-6-8-10-17/h6-10,14-15H,11-13H2,1-5H3,(H,22,25)/t14-,15-/m1/s1. The maximum absolute atomic E-state index is 12.8. The number of nitrogens with zero attached hydrogens (tertiary/aromatic N) is 2. The largest absolute Gasteiger partial charge is 0.373 e. The fraction of sp³-hybridized carbons (Fsp3) is 0.524. The molecule has 1 aliphatic rings. The molecule has 0 bridgehead atoms. The van der Waals surface area contributed by atoms with E-state index in [2.05, 4.69) is 42.9 Å². The van der Waals surface area contributed by atoms with Gasteiger partial charge in [0.1, 0.15) is 9.88 Å². The minimum absolute atomic E-state index is 0.0467. The molecule has 0 aliphatic carbocycles. The Labute approximate surface area is 165 Å². The number of amides is 1. The van der Waals surface area contributed by atoms with Crippen LogP contribution in [-0.4, -0.2) is 53.2 Å². The van der Waals surface area contributed by atoms with Gasteiger partial charge in [-0.2, -0.15) is 0 Å². The summed E-state index contributed by atoms with van der Waals surface area (Å²) < 4.78 is 5.83. The van der Waals surface area contributed by atoms with Crippen LogP contribution in [0.1, 0.15) is 43.1 Å². The lowest BCUT2D eigenvalue weighted by atomic mass is 10.00. The second-order valence-electron chi connectivity index (χ2n) is 7.96. The van der Waals surface area contributed by atoms with E-state index in [0.29, 0.717) is 11.4 Å². The second-order valence-corrected chi connectivity index (χ2v) is 8.96. The molecule has 1 aliphatic heterocycles. The smallest absolute Gasteiger partial charge is 0.263 e. The molecule has 6 heteroatoms. The van der Waals surface area contributed by atoms with Gasteiger partial charge in [-0.1, -0.05) is 30.3 Å². The predicted octanol–water partition coefficient (Wildman–Crippen LogP) is 3.74. The Kier molecular flexibility index (Phi) is 5.99. The van der Waals surface area contributed by atoms with Gasteiger partial charge in [0.25, 0.3) is 5.91 Å². The monoisotopic (exact) mass is 387 g/mol. The Balaban J connectivity index is 1.66. The third-order valence-corrected chi connectivity index (χ3v) is 6.19. The first-order chi connectivity index (χ1) is 12.8. The Hall–Kier alpha value is -1.76. The van der Waals surface area contributed by atoms with E-state index in [1.807, 2.05) is 37.3 Å². The van der Waals surface area contributed by atoms with Crippen molar-refractivity contribution in [2.24, 2.45) is 0 Å². The minimum Gasteiger partial charge on any atom is -0.373 e. The zero-order chi connectivity index (χ0) is 19.6. The molecule has 27 heavy (non-hydrogen) atoms. The molecule has 2 aromatic rings. The number of aryl methyl sites for hydroxylation is 1. The van der Waals surface area contributed by atoms with Crippen molar-refractivity contribution in [1.82, 2.24) is 15.2 Å². The van der Waals surface area contributed by atoms with E-state index in [-0.39, 0.29) is 23.7 Å². The van der Waals surface area contributed by atoms with E-state index < -0.39 is 0 Å². The molecule has 0 spiro atoms. The number of aromatic nitrogens is 1. The predicted molar refractivity (Wildman–Crippen MR) is 110 cm³/mol. The van der Waals surface area contributed by atoms with Gasteiger partial charge in [0, 0.05) is 30.7 Å². The normalized spacial score (nSPS) is 21.2. The van der Waals surface area contributed by atoms with Gasteiger partial charge in [0.05, 0.1) is 17.9 Å². The number of carbonyl (C=O) groups excluding carboxylic acids is 1. The Morgan fingerprint density at radius 3 is 2.52 bits per heavy atom. The van der Waals surface area contributed by atoms with Crippen LogP contribution >= 0.6 is 11.3 Å². The van der Waals surface area contributed by atoms with Gasteiger partial charge in [-0.25, -0.2) is 4.98 Å². The Morgan fingerprint density at radius 2 is 1.89 bits per heavy atom. The molecule has 146 valence electrons. The lowest BCUT2D eigenvalue weighted by Crippen LogP contribution is -2.58. The number of nitrogens with one attached hydrogen (secondary N) is 1. The number of hydrogen-bond donors (Lipinski definition) is 1. The van der Waals surface area contributed by atoms with Gasteiger partial charge >= 0.3 is 0 Å². The molecule has 0 saturated carbocycles. The van der Waals surface area contributed by atoms with E-state index in [0.717, 1.165) is 29.4 Å². The number of carbonyl (C=O) groups is 1. The van der Waals surface area contributed by atoms with Gasteiger partial charge in [-0.3, -0.25) is 9.69 Å². The average Bonchev–Trinajstić information content (AvgIpc) is 3.01. The molecule has 0 radical (unpaired) electrons. The lowest BCUT2D eigenvalue weighted by molar-refractivity contribution is -0.0948. The molecule has 2 heterocycles. The lowest BCUT2D eigenvalue weighted by Gasteiger charge is -2.45. The summed E-state index contributed by atoms with van der Waals surface area (Å²) >= 11 is 1.45. The highest BCUT2D eigenvalue weighted by molar-refractivity contribution is 7.17. The molecule has 1 aromatic heterocycles. The van der Waals surface area contributed by atoms with E-state index in [4.69, 9.17) is 4.74 Å².